The van der Waals surface area contributed by atoms with Crippen LogP contribution in [0.4, 0.5) is 0 Å². The molecule has 1 aromatic rings. The van der Waals surface area contributed by atoms with Crippen molar-refractivity contribution < 1.29 is 13.2 Å². The van der Waals surface area contributed by atoms with Crippen molar-refractivity contribution in [3.63, 3.8) is 0 Å². The lowest BCUT2D eigenvalue weighted by molar-refractivity contribution is -0.117. The monoisotopic (exact) mass is 445 g/mol. The normalized spacial score (nSPS) is 22.5. The van der Waals surface area contributed by atoms with E-state index in [2.05, 4.69) is 14.9 Å². The van der Waals surface area contributed by atoms with Crippen LogP contribution in [-0.4, -0.2) is 50.4 Å². The maximum absolute atomic E-state index is 12.5. The van der Waals surface area contributed by atoms with Crippen LogP contribution in [0, 0.1) is 0 Å². The van der Waals surface area contributed by atoms with Gasteiger partial charge in [0.15, 0.2) is 0 Å². The van der Waals surface area contributed by atoms with E-state index in [1.165, 1.54) is 51.4 Å². The molecule has 6 nitrogen and oxygen atoms in total. The minimum Gasteiger partial charge on any atom is -0.351 e. The van der Waals surface area contributed by atoms with E-state index in [0.717, 1.165) is 31.5 Å². The Bertz CT molecular complexity index is 879. The quantitative estimate of drug-likeness (QED) is 0.601. The van der Waals surface area contributed by atoms with Crippen molar-refractivity contribution >= 4 is 22.0 Å². The first kappa shape index (κ1) is 22.5. The third-order valence-electron chi connectivity index (χ3n) is 6.92. The molecule has 0 aromatic heterocycles. The van der Waals surface area contributed by atoms with Crippen molar-refractivity contribution in [1.29, 1.82) is 0 Å². The highest BCUT2D eigenvalue weighted by Gasteiger charge is 2.38. The SMILES string of the molecule is O=C(/C=C/c1ccc(S(=O)(=O)NC2CC2)cc1)NCC1(N2CCCCC2)CCCCC1. The van der Waals surface area contributed by atoms with Gasteiger partial charge in [0.2, 0.25) is 15.9 Å². The van der Waals surface area contributed by atoms with E-state index in [9.17, 15) is 13.2 Å². The summed E-state index contributed by atoms with van der Waals surface area (Å²) in [5.41, 5.74) is 0.927. The number of hydrogen-bond donors (Lipinski definition) is 2. The van der Waals surface area contributed by atoms with Crippen LogP contribution >= 0.6 is 0 Å². The Morgan fingerprint density at radius 2 is 1.65 bits per heavy atom. The summed E-state index contributed by atoms with van der Waals surface area (Å²) in [5.74, 6) is -0.0888. The lowest BCUT2D eigenvalue weighted by atomic mass is 9.79. The molecular formula is C24H35N3O3S. The largest absolute Gasteiger partial charge is 0.351 e. The van der Waals surface area contributed by atoms with Gasteiger partial charge in [-0.25, -0.2) is 13.1 Å². The molecule has 2 saturated carbocycles. The predicted molar refractivity (Wildman–Crippen MR) is 123 cm³/mol. The molecule has 1 amide bonds. The molecule has 0 spiro atoms. The minimum atomic E-state index is -3.44. The van der Waals surface area contributed by atoms with Gasteiger partial charge in [0.25, 0.3) is 0 Å². The molecule has 4 rings (SSSR count). The maximum atomic E-state index is 12.5. The number of hydrogen-bond acceptors (Lipinski definition) is 4. The van der Waals surface area contributed by atoms with Gasteiger partial charge >= 0.3 is 0 Å². The molecule has 1 aliphatic heterocycles. The van der Waals surface area contributed by atoms with Crippen LogP contribution in [0.25, 0.3) is 6.08 Å². The topological polar surface area (TPSA) is 78.5 Å². The Morgan fingerprint density at radius 1 is 1.00 bits per heavy atom. The van der Waals surface area contributed by atoms with Gasteiger partial charge in [-0.2, -0.15) is 0 Å². The van der Waals surface area contributed by atoms with E-state index in [0.29, 0.717) is 6.54 Å². The van der Waals surface area contributed by atoms with E-state index in [4.69, 9.17) is 0 Å². The number of likely N-dealkylation sites (tertiary alicyclic amines) is 1. The summed E-state index contributed by atoms with van der Waals surface area (Å²) in [7, 11) is -3.44. The van der Waals surface area contributed by atoms with Gasteiger partial charge in [-0.15, -0.1) is 0 Å². The van der Waals surface area contributed by atoms with E-state index in [1.54, 1.807) is 36.4 Å². The summed E-state index contributed by atoms with van der Waals surface area (Å²) in [4.78, 5) is 15.4. The van der Waals surface area contributed by atoms with Gasteiger partial charge in [0.1, 0.15) is 0 Å². The van der Waals surface area contributed by atoms with Crippen LogP contribution in [0.5, 0.6) is 0 Å². The fourth-order valence-electron chi connectivity index (χ4n) is 4.91. The molecule has 2 N–H and O–H groups in total. The summed E-state index contributed by atoms with van der Waals surface area (Å²) in [5, 5.41) is 3.15. The molecule has 0 unspecified atom stereocenters. The van der Waals surface area contributed by atoms with Crippen molar-refractivity contribution in [3.05, 3.63) is 35.9 Å². The lowest BCUT2D eigenvalue weighted by Gasteiger charge is -2.48. The highest BCUT2D eigenvalue weighted by atomic mass is 32.2. The summed E-state index contributed by atoms with van der Waals surface area (Å²) < 4.78 is 27.2. The van der Waals surface area contributed by atoms with Crippen LogP contribution in [0.2, 0.25) is 0 Å². The van der Waals surface area contributed by atoms with E-state index in [1.807, 2.05) is 0 Å². The lowest BCUT2D eigenvalue weighted by Crippen LogP contribution is -2.58. The fraction of sp³-hybridized carbons (Fsp3) is 0.625. The Labute approximate surface area is 186 Å². The number of nitrogens with zero attached hydrogens (tertiary/aromatic N) is 1. The Hall–Kier alpha value is -1.70. The van der Waals surface area contributed by atoms with Crippen LogP contribution in [0.3, 0.4) is 0 Å². The zero-order chi connectivity index (χ0) is 21.7. The van der Waals surface area contributed by atoms with E-state index < -0.39 is 10.0 Å². The number of carbonyl (C=O) groups excluding carboxylic acids is 1. The van der Waals surface area contributed by atoms with Crippen molar-refractivity contribution in [3.8, 4) is 0 Å². The highest BCUT2D eigenvalue weighted by Crippen LogP contribution is 2.35. The minimum absolute atomic E-state index is 0.0886. The summed E-state index contributed by atoms with van der Waals surface area (Å²) in [6.45, 7) is 3.01. The average molecular weight is 446 g/mol. The third kappa shape index (κ3) is 5.96. The van der Waals surface area contributed by atoms with Gasteiger partial charge < -0.3 is 5.32 Å². The molecular weight excluding hydrogens is 410 g/mol. The fourth-order valence-corrected chi connectivity index (χ4v) is 6.22. The molecule has 2 aliphatic carbocycles. The first-order chi connectivity index (χ1) is 15.0. The van der Waals surface area contributed by atoms with Gasteiger partial charge in [-0.05, 0) is 75.4 Å². The Kier molecular flexibility index (Phi) is 7.14. The zero-order valence-corrected chi connectivity index (χ0v) is 19.1. The summed E-state index contributed by atoms with van der Waals surface area (Å²) >= 11 is 0. The number of carbonyl (C=O) groups is 1. The second kappa shape index (κ2) is 9.84. The molecule has 3 fully saturated rings. The molecule has 1 aromatic carbocycles. The van der Waals surface area contributed by atoms with Crippen molar-refractivity contribution in [2.75, 3.05) is 19.6 Å². The zero-order valence-electron chi connectivity index (χ0n) is 18.3. The molecule has 3 aliphatic rings. The van der Waals surface area contributed by atoms with E-state index in [-0.39, 0.29) is 22.4 Å². The first-order valence-corrected chi connectivity index (χ1v) is 13.3. The van der Waals surface area contributed by atoms with Crippen LogP contribution in [0.15, 0.2) is 35.2 Å². The van der Waals surface area contributed by atoms with Crippen LogP contribution in [0.1, 0.15) is 69.8 Å². The smallest absolute Gasteiger partial charge is 0.244 e. The molecule has 1 saturated heterocycles. The highest BCUT2D eigenvalue weighted by molar-refractivity contribution is 7.89. The van der Waals surface area contributed by atoms with Gasteiger partial charge in [0.05, 0.1) is 4.90 Å². The van der Waals surface area contributed by atoms with Gasteiger partial charge in [-0.1, -0.05) is 37.8 Å². The number of amides is 1. The van der Waals surface area contributed by atoms with Crippen molar-refractivity contribution in [1.82, 2.24) is 14.9 Å². The Morgan fingerprint density at radius 3 is 2.29 bits per heavy atom. The summed E-state index contributed by atoms with van der Waals surface area (Å²) in [6, 6.07) is 6.75. The number of sulfonamides is 1. The molecule has 0 radical (unpaired) electrons. The second-order valence-electron chi connectivity index (χ2n) is 9.35. The average Bonchev–Trinajstić information content (AvgIpc) is 3.61. The van der Waals surface area contributed by atoms with Crippen molar-refractivity contribution in [2.45, 2.75) is 80.7 Å². The molecule has 0 bridgehead atoms. The number of nitrogens with one attached hydrogen (secondary N) is 2. The standard InChI is InChI=1S/C24H35N3O3S/c28-23(25-19-24(15-3-1-4-16-24)27-17-5-2-6-18-27)14-9-20-7-12-22(13-8-20)31(29,30)26-21-10-11-21/h7-9,12-14,21,26H,1-6,10-11,15-19H2,(H,25,28)/b14-9+. The molecule has 0 atom stereocenters. The van der Waals surface area contributed by atoms with Crippen molar-refractivity contribution in [2.24, 2.45) is 0 Å². The molecule has 170 valence electrons. The van der Waals surface area contributed by atoms with Crippen LogP contribution in [-0.2, 0) is 14.8 Å². The van der Waals surface area contributed by atoms with Gasteiger partial charge in [0, 0.05) is 24.2 Å². The molecule has 1 heterocycles. The second-order valence-corrected chi connectivity index (χ2v) is 11.1. The maximum Gasteiger partial charge on any atom is 0.244 e. The third-order valence-corrected chi connectivity index (χ3v) is 8.46. The van der Waals surface area contributed by atoms with E-state index >= 15 is 0 Å². The predicted octanol–water partition coefficient (Wildman–Crippen LogP) is 3.45. The molecule has 7 heteroatoms. The number of rotatable bonds is 8. The Balaban J connectivity index is 1.33. The molecule has 31 heavy (non-hydrogen) atoms. The van der Waals surface area contributed by atoms with Gasteiger partial charge in [-0.3, -0.25) is 9.69 Å². The number of benzene rings is 1. The summed E-state index contributed by atoms with van der Waals surface area (Å²) in [6.07, 6.45) is 15.1. The van der Waals surface area contributed by atoms with Crippen LogP contribution < -0.4 is 10.0 Å². The number of piperidine rings is 1. The first-order valence-electron chi connectivity index (χ1n) is 11.8.